The highest BCUT2D eigenvalue weighted by Gasteiger charge is 2.34. The van der Waals surface area contributed by atoms with Crippen LogP contribution in [0, 0.1) is 5.92 Å². The Balaban J connectivity index is 1.35. The topological polar surface area (TPSA) is 61.9 Å². The number of hydrogen-bond acceptors (Lipinski definition) is 4. The quantitative estimate of drug-likeness (QED) is 0.818. The summed E-state index contributed by atoms with van der Waals surface area (Å²) in [6.45, 7) is 3.07. The van der Waals surface area contributed by atoms with Gasteiger partial charge in [-0.2, -0.15) is 0 Å². The molecule has 0 aromatic heterocycles. The van der Waals surface area contributed by atoms with Crippen LogP contribution in [0.2, 0.25) is 0 Å². The minimum Gasteiger partial charge on any atom is -0.496 e. The van der Waals surface area contributed by atoms with E-state index in [1.807, 2.05) is 36.4 Å². The van der Waals surface area contributed by atoms with Gasteiger partial charge in [-0.25, -0.2) is 0 Å². The summed E-state index contributed by atoms with van der Waals surface area (Å²) in [5.74, 6) is 0.317. The van der Waals surface area contributed by atoms with Crippen LogP contribution in [0.15, 0.2) is 48.5 Å². The minimum atomic E-state index is -0.338. The molecule has 0 spiro atoms. The Kier molecular flexibility index (Phi) is 5.69. The molecule has 1 unspecified atom stereocenters. The summed E-state index contributed by atoms with van der Waals surface area (Å²) in [6, 6.07) is 15.6. The molecule has 2 saturated heterocycles. The first kappa shape index (κ1) is 19.3. The van der Waals surface area contributed by atoms with Crippen LogP contribution in [-0.4, -0.2) is 43.5 Å². The summed E-state index contributed by atoms with van der Waals surface area (Å²) in [5, 5.41) is 2.97. The lowest BCUT2D eigenvalue weighted by molar-refractivity contribution is -0.128. The van der Waals surface area contributed by atoms with Crippen LogP contribution in [0.3, 0.4) is 0 Å². The van der Waals surface area contributed by atoms with Gasteiger partial charge in [0.15, 0.2) is 0 Å². The van der Waals surface area contributed by atoms with Crippen molar-refractivity contribution in [3.63, 3.8) is 0 Å². The molecule has 1 N–H and O–H groups in total. The van der Waals surface area contributed by atoms with Crippen molar-refractivity contribution in [3.8, 4) is 5.75 Å². The molecular formula is C23H27N3O3. The molecule has 29 heavy (non-hydrogen) atoms. The van der Waals surface area contributed by atoms with E-state index in [0.717, 1.165) is 30.1 Å². The Bertz CT molecular complexity index is 875. The Hall–Kier alpha value is -3.02. The number of benzene rings is 2. The second-order valence-electron chi connectivity index (χ2n) is 7.72. The number of amides is 2. The molecule has 2 heterocycles. The van der Waals surface area contributed by atoms with Gasteiger partial charge in [0.05, 0.1) is 13.0 Å². The first-order valence-corrected chi connectivity index (χ1v) is 10.2. The van der Waals surface area contributed by atoms with Crippen molar-refractivity contribution in [2.75, 3.05) is 37.0 Å². The average molecular weight is 393 g/mol. The largest absolute Gasteiger partial charge is 0.496 e. The highest BCUT2D eigenvalue weighted by Crippen LogP contribution is 2.26. The van der Waals surface area contributed by atoms with Gasteiger partial charge in [0, 0.05) is 49.5 Å². The molecule has 2 aliphatic rings. The van der Waals surface area contributed by atoms with Gasteiger partial charge in [-0.3, -0.25) is 9.59 Å². The number of likely N-dealkylation sites (tertiary alicyclic amines) is 1. The molecule has 152 valence electrons. The fourth-order valence-corrected chi connectivity index (χ4v) is 4.12. The van der Waals surface area contributed by atoms with Crippen molar-refractivity contribution in [2.24, 2.45) is 5.92 Å². The molecule has 6 heteroatoms. The standard InChI is InChI=1S/C23H27N3O3/c1-29-21-7-3-2-6-17(21)15-26-16-18(14-22(26)27)23(28)24-19-8-10-20(11-9-19)25-12-4-5-13-25/h2-3,6-11,18H,4-5,12-16H2,1H3,(H,24,28). The lowest BCUT2D eigenvalue weighted by atomic mass is 10.1. The number of nitrogens with one attached hydrogen (secondary N) is 1. The maximum absolute atomic E-state index is 12.7. The molecule has 0 bridgehead atoms. The molecular weight excluding hydrogens is 366 g/mol. The van der Waals surface area contributed by atoms with E-state index in [-0.39, 0.29) is 24.2 Å². The number of hydrogen-bond donors (Lipinski definition) is 1. The van der Waals surface area contributed by atoms with Crippen molar-refractivity contribution in [3.05, 3.63) is 54.1 Å². The second kappa shape index (κ2) is 8.55. The molecule has 0 saturated carbocycles. The van der Waals surface area contributed by atoms with Gasteiger partial charge in [0.1, 0.15) is 5.75 Å². The second-order valence-corrected chi connectivity index (χ2v) is 7.72. The Labute approximate surface area is 171 Å². The van der Waals surface area contributed by atoms with Gasteiger partial charge < -0.3 is 19.9 Å². The van der Waals surface area contributed by atoms with Crippen LogP contribution in [0.5, 0.6) is 5.75 Å². The van der Waals surface area contributed by atoms with Crippen LogP contribution in [0.4, 0.5) is 11.4 Å². The van der Waals surface area contributed by atoms with E-state index in [4.69, 9.17) is 4.74 Å². The molecule has 0 aliphatic carbocycles. The molecule has 0 radical (unpaired) electrons. The van der Waals surface area contributed by atoms with E-state index in [9.17, 15) is 9.59 Å². The maximum atomic E-state index is 12.7. The third-order valence-corrected chi connectivity index (χ3v) is 5.75. The van der Waals surface area contributed by atoms with E-state index in [1.165, 1.54) is 18.5 Å². The molecule has 4 rings (SSSR count). The molecule has 2 aliphatic heterocycles. The van der Waals surface area contributed by atoms with E-state index in [2.05, 4.69) is 22.3 Å². The Morgan fingerprint density at radius 2 is 1.83 bits per heavy atom. The number of anilines is 2. The van der Waals surface area contributed by atoms with Gasteiger partial charge in [-0.15, -0.1) is 0 Å². The molecule has 2 fully saturated rings. The van der Waals surface area contributed by atoms with Gasteiger partial charge in [-0.05, 0) is 43.2 Å². The fourth-order valence-electron chi connectivity index (χ4n) is 4.12. The summed E-state index contributed by atoms with van der Waals surface area (Å²) in [6.07, 6.45) is 2.71. The van der Waals surface area contributed by atoms with E-state index in [1.54, 1.807) is 12.0 Å². The zero-order valence-electron chi connectivity index (χ0n) is 16.8. The van der Waals surface area contributed by atoms with Crippen LogP contribution in [0.1, 0.15) is 24.8 Å². The van der Waals surface area contributed by atoms with Crippen LogP contribution < -0.4 is 15.0 Å². The minimum absolute atomic E-state index is 0.000405. The molecule has 2 aromatic rings. The summed E-state index contributed by atoms with van der Waals surface area (Å²) < 4.78 is 5.37. The number of carbonyl (C=O) groups is 2. The van der Waals surface area contributed by atoms with Crippen molar-refractivity contribution in [2.45, 2.75) is 25.8 Å². The van der Waals surface area contributed by atoms with Crippen molar-refractivity contribution >= 4 is 23.2 Å². The van der Waals surface area contributed by atoms with E-state index >= 15 is 0 Å². The molecule has 2 amide bonds. The normalized spacial score (nSPS) is 18.9. The zero-order valence-corrected chi connectivity index (χ0v) is 16.8. The molecule has 1 atom stereocenters. The number of para-hydroxylation sites is 1. The summed E-state index contributed by atoms with van der Waals surface area (Å²) in [7, 11) is 1.62. The number of rotatable bonds is 6. The van der Waals surface area contributed by atoms with Gasteiger partial charge >= 0.3 is 0 Å². The first-order chi connectivity index (χ1) is 14.1. The van der Waals surface area contributed by atoms with Crippen LogP contribution in [-0.2, 0) is 16.1 Å². The third-order valence-electron chi connectivity index (χ3n) is 5.75. The fraction of sp³-hybridized carbons (Fsp3) is 0.391. The number of nitrogens with zero attached hydrogens (tertiary/aromatic N) is 2. The maximum Gasteiger partial charge on any atom is 0.229 e. The highest BCUT2D eigenvalue weighted by molar-refractivity contribution is 5.97. The lowest BCUT2D eigenvalue weighted by Gasteiger charge is -2.19. The van der Waals surface area contributed by atoms with E-state index < -0.39 is 0 Å². The number of methoxy groups -OCH3 is 1. The molecule has 6 nitrogen and oxygen atoms in total. The predicted molar refractivity (Wildman–Crippen MR) is 113 cm³/mol. The highest BCUT2D eigenvalue weighted by atomic mass is 16.5. The lowest BCUT2D eigenvalue weighted by Crippen LogP contribution is -2.28. The van der Waals surface area contributed by atoms with Crippen molar-refractivity contribution in [1.29, 1.82) is 0 Å². The third kappa shape index (κ3) is 4.36. The number of carbonyl (C=O) groups excluding carboxylic acids is 2. The smallest absolute Gasteiger partial charge is 0.229 e. The SMILES string of the molecule is COc1ccccc1CN1CC(C(=O)Nc2ccc(N3CCCC3)cc2)CC1=O. The van der Waals surface area contributed by atoms with Gasteiger partial charge in [0.25, 0.3) is 0 Å². The summed E-state index contributed by atoms with van der Waals surface area (Å²) in [4.78, 5) is 29.2. The number of ether oxygens (including phenoxy) is 1. The predicted octanol–water partition coefficient (Wildman–Crippen LogP) is 3.28. The van der Waals surface area contributed by atoms with E-state index in [0.29, 0.717) is 13.1 Å². The van der Waals surface area contributed by atoms with Crippen molar-refractivity contribution < 1.29 is 14.3 Å². The van der Waals surface area contributed by atoms with Crippen LogP contribution in [0.25, 0.3) is 0 Å². The Morgan fingerprint density at radius 3 is 2.55 bits per heavy atom. The zero-order chi connectivity index (χ0) is 20.2. The van der Waals surface area contributed by atoms with Gasteiger partial charge in [-0.1, -0.05) is 18.2 Å². The van der Waals surface area contributed by atoms with Gasteiger partial charge in [0.2, 0.25) is 11.8 Å². The van der Waals surface area contributed by atoms with Crippen molar-refractivity contribution in [1.82, 2.24) is 4.90 Å². The monoisotopic (exact) mass is 393 g/mol. The average Bonchev–Trinajstić information content (AvgIpc) is 3.40. The summed E-state index contributed by atoms with van der Waals surface area (Å²) in [5.41, 5.74) is 2.91. The first-order valence-electron chi connectivity index (χ1n) is 10.2. The summed E-state index contributed by atoms with van der Waals surface area (Å²) >= 11 is 0. The Morgan fingerprint density at radius 1 is 1.10 bits per heavy atom. The molecule has 2 aromatic carbocycles. The van der Waals surface area contributed by atoms with Crippen LogP contribution >= 0.6 is 0 Å².